The van der Waals surface area contributed by atoms with E-state index in [1.807, 2.05) is 13.0 Å². The molecular formula is C14H15N5OS. The lowest BCUT2D eigenvalue weighted by Gasteiger charge is -2.07. The summed E-state index contributed by atoms with van der Waals surface area (Å²) in [5.74, 6) is 0.783. The molecule has 108 valence electrons. The molecule has 0 aliphatic carbocycles. The van der Waals surface area contributed by atoms with Gasteiger partial charge < -0.3 is 9.88 Å². The lowest BCUT2D eigenvalue weighted by atomic mass is 10.4. The monoisotopic (exact) mass is 301 g/mol. The third kappa shape index (κ3) is 2.64. The van der Waals surface area contributed by atoms with E-state index in [1.165, 1.54) is 11.3 Å². The Balaban J connectivity index is 1.74. The van der Waals surface area contributed by atoms with Crippen LogP contribution in [0.3, 0.4) is 0 Å². The van der Waals surface area contributed by atoms with Crippen molar-refractivity contribution in [2.75, 3.05) is 0 Å². The van der Waals surface area contributed by atoms with Crippen LogP contribution in [0.5, 0.6) is 0 Å². The van der Waals surface area contributed by atoms with Gasteiger partial charge in [-0.15, -0.1) is 11.3 Å². The predicted molar refractivity (Wildman–Crippen MR) is 81.2 cm³/mol. The van der Waals surface area contributed by atoms with E-state index < -0.39 is 0 Å². The Morgan fingerprint density at radius 2 is 2.29 bits per heavy atom. The van der Waals surface area contributed by atoms with Crippen molar-refractivity contribution in [3.05, 3.63) is 41.2 Å². The summed E-state index contributed by atoms with van der Waals surface area (Å²) >= 11 is 1.37. The Morgan fingerprint density at radius 1 is 1.43 bits per heavy atom. The Labute approximate surface area is 125 Å². The summed E-state index contributed by atoms with van der Waals surface area (Å²) < 4.78 is 3.03. The van der Waals surface area contributed by atoms with Crippen LogP contribution in [-0.2, 0) is 13.1 Å². The number of hydrogen-bond donors (Lipinski definition) is 1. The maximum Gasteiger partial charge on any atom is 0.280 e. The minimum atomic E-state index is -0.169. The van der Waals surface area contributed by atoms with Crippen molar-refractivity contribution >= 4 is 27.5 Å². The van der Waals surface area contributed by atoms with Gasteiger partial charge in [0.2, 0.25) is 0 Å². The van der Waals surface area contributed by atoms with Crippen molar-refractivity contribution in [2.45, 2.75) is 26.9 Å². The van der Waals surface area contributed by atoms with Gasteiger partial charge in [-0.3, -0.25) is 9.78 Å². The van der Waals surface area contributed by atoms with Crippen LogP contribution in [0.2, 0.25) is 0 Å². The number of amides is 1. The molecule has 6 nitrogen and oxygen atoms in total. The van der Waals surface area contributed by atoms with Crippen LogP contribution in [0.25, 0.3) is 10.2 Å². The molecule has 0 fully saturated rings. The van der Waals surface area contributed by atoms with Gasteiger partial charge in [-0.25, -0.2) is 9.97 Å². The van der Waals surface area contributed by atoms with Gasteiger partial charge in [0.25, 0.3) is 5.91 Å². The molecule has 3 rings (SSSR count). The van der Waals surface area contributed by atoms with Crippen LogP contribution in [0, 0.1) is 6.92 Å². The van der Waals surface area contributed by atoms with Gasteiger partial charge in [0.05, 0.1) is 29.3 Å². The molecule has 0 saturated carbocycles. The smallest absolute Gasteiger partial charge is 0.280 e. The fourth-order valence-corrected chi connectivity index (χ4v) is 3.06. The quantitative estimate of drug-likeness (QED) is 0.801. The minimum Gasteiger partial charge on any atom is -0.344 e. The maximum atomic E-state index is 12.2. The minimum absolute atomic E-state index is 0.169. The van der Waals surface area contributed by atoms with E-state index in [9.17, 15) is 4.79 Å². The Kier molecular flexibility index (Phi) is 3.66. The number of carbonyl (C=O) groups is 1. The first kappa shape index (κ1) is 13.7. The normalized spacial score (nSPS) is 11.0. The second-order valence-corrected chi connectivity index (χ2v) is 5.62. The van der Waals surface area contributed by atoms with E-state index in [1.54, 1.807) is 18.6 Å². The van der Waals surface area contributed by atoms with Gasteiger partial charge in [-0.1, -0.05) is 0 Å². The predicted octanol–water partition coefficient (Wildman–Crippen LogP) is 2.15. The molecule has 1 N–H and O–H groups in total. The molecule has 0 saturated heterocycles. The molecule has 0 atom stereocenters. The molecular weight excluding hydrogens is 286 g/mol. The fourth-order valence-electron chi connectivity index (χ4n) is 2.21. The van der Waals surface area contributed by atoms with E-state index in [0.29, 0.717) is 11.6 Å². The fraction of sp³-hybridized carbons (Fsp3) is 0.286. The molecule has 0 spiro atoms. The van der Waals surface area contributed by atoms with Crippen LogP contribution in [-0.4, -0.2) is 25.4 Å². The number of aromatic nitrogens is 4. The molecule has 0 bridgehead atoms. The number of rotatable bonds is 4. The van der Waals surface area contributed by atoms with Gasteiger partial charge in [0.15, 0.2) is 5.01 Å². The van der Waals surface area contributed by atoms with Crippen LogP contribution < -0.4 is 5.32 Å². The summed E-state index contributed by atoms with van der Waals surface area (Å²) in [7, 11) is 0. The molecule has 7 heteroatoms. The molecule has 0 radical (unpaired) electrons. The van der Waals surface area contributed by atoms with Crippen LogP contribution >= 0.6 is 11.3 Å². The summed E-state index contributed by atoms with van der Waals surface area (Å²) in [5, 5.41) is 3.35. The number of hydrogen-bond acceptors (Lipinski definition) is 5. The zero-order chi connectivity index (χ0) is 14.8. The number of nitrogens with zero attached hydrogens (tertiary/aromatic N) is 4. The molecule has 3 aromatic heterocycles. The Hall–Kier alpha value is -2.28. The topological polar surface area (TPSA) is 72.7 Å². The van der Waals surface area contributed by atoms with Crippen molar-refractivity contribution in [1.29, 1.82) is 0 Å². The zero-order valence-electron chi connectivity index (χ0n) is 11.8. The van der Waals surface area contributed by atoms with Gasteiger partial charge in [0.1, 0.15) is 11.3 Å². The highest BCUT2D eigenvalue weighted by Crippen LogP contribution is 2.20. The lowest BCUT2D eigenvalue weighted by molar-refractivity contribution is 0.0950. The highest BCUT2D eigenvalue weighted by atomic mass is 32.1. The van der Waals surface area contributed by atoms with Crippen molar-refractivity contribution in [1.82, 2.24) is 24.8 Å². The molecule has 3 heterocycles. The molecule has 21 heavy (non-hydrogen) atoms. The van der Waals surface area contributed by atoms with E-state index in [0.717, 1.165) is 28.3 Å². The first-order valence-electron chi connectivity index (χ1n) is 6.68. The van der Waals surface area contributed by atoms with Crippen LogP contribution in [0.4, 0.5) is 0 Å². The van der Waals surface area contributed by atoms with E-state index in [4.69, 9.17) is 0 Å². The SMILES string of the molecule is CCn1c(CNC(=O)c2nc3cnccc3s2)cnc1C. The molecule has 0 unspecified atom stereocenters. The first-order valence-corrected chi connectivity index (χ1v) is 7.50. The van der Waals surface area contributed by atoms with Crippen molar-refractivity contribution < 1.29 is 4.79 Å². The van der Waals surface area contributed by atoms with E-state index in [-0.39, 0.29) is 5.91 Å². The number of aryl methyl sites for hydroxylation is 1. The summed E-state index contributed by atoms with van der Waals surface area (Å²) in [5.41, 5.74) is 1.74. The number of pyridine rings is 1. The average Bonchev–Trinajstić information content (AvgIpc) is 3.07. The summed E-state index contributed by atoms with van der Waals surface area (Å²) in [6.07, 6.45) is 5.16. The Bertz CT molecular complexity index is 759. The van der Waals surface area contributed by atoms with Crippen LogP contribution in [0.1, 0.15) is 28.2 Å². The largest absolute Gasteiger partial charge is 0.344 e. The number of fused-ring (bicyclic) bond motifs is 1. The number of imidazole rings is 1. The number of nitrogens with one attached hydrogen (secondary N) is 1. The van der Waals surface area contributed by atoms with Gasteiger partial charge in [-0.05, 0) is 19.9 Å². The van der Waals surface area contributed by atoms with Gasteiger partial charge in [-0.2, -0.15) is 0 Å². The summed E-state index contributed by atoms with van der Waals surface area (Å²) in [6, 6.07) is 1.86. The van der Waals surface area contributed by atoms with Crippen molar-refractivity contribution in [3.63, 3.8) is 0 Å². The zero-order valence-corrected chi connectivity index (χ0v) is 12.6. The molecule has 0 aliphatic rings. The third-order valence-electron chi connectivity index (χ3n) is 3.27. The second-order valence-electron chi connectivity index (χ2n) is 4.59. The van der Waals surface area contributed by atoms with Crippen molar-refractivity contribution in [3.8, 4) is 0 Å². The average molecular weight is 301 g/mol. The lowest BCUT2D eigenvalue weighted by Crippen LogP contribution is -2.24. The third-order valence-corrected chi connectivity index (χ3v) is 4.30. The standard InChI is InChI=1S/C14H15N5OS/c1-3-19-9(2)16-6-10(19)7-17-13(20)14-18-11-8-15-5-4-12(11)21-14/h4-6,8H,3,7H2,1-2H3,(H,17,20). The Morgan fingerprint density at radius 3 is 3.05 bits per heavy atom. The highest BCUT2D eigenvalue weighted by molar-refractivity contribution is 7.20. The maximum absolute atomic E-state index is 12.2. The molecule has 1 amide bonds. The van der Waals surface area contributed by atoms with Gasteiger partial charge >= 0.3 is 0 Å². The van der Waals surface area contributed by atoms with E-state index >= 15 is 0 Å². The van der Waals surface area contributed by atoms with Gasteiger partial charge in [0, 0.05) is 12.7 Å². The number of thiazole rings is 1. The second kappa shape index (κ2) is 5.61. The van der Waals surface area contributed by atoms with Crippen molar-refractivity contribution in [2.24, 2.45) is 0 Å². The number of carbonyl (C=O) groups excluding carboxylic acids is 1. The molecule has 3 aromatic rings. The van der Waals surface area contributed by atoms with Crippen LogP contribution in [0.15, 0.2) is 24.7 Å². The summed E-state index contributed by atoms with van der Waals surface area (Å²) in [6.45, 7) is 5.29. The summed E-state index contributed by atoms with van der Waals surface area (Å²) in [4.78, 5) is 24.7. The van der Waals surface area contributed by atoms with E-state index in [2.05, 4.69) is 31.8 Å². The highest BCUT2D eigenvalue weighted by Gasteiger charge is 2.13. The molecule has 0 aromatic carbocycles. The first-order chi connectivity index (χ1) is 10.2. The molecule has 0 aliphatic heterocycles.